The minimum Gasteiger partial charge on any atom is -0.379 e. The van der Waals surface area contributed by atoms with E-state index in [0.717, 1.165) is 97.9 Å². The maximum atomic E-state index is 4.98. The van der Waals surface area contributed by atoms with E-state index >= 15 is 0 Å². The molecule has 5 heterocycles. The number of thiazole rings is 1. The highest BCUT2D eigenvalue weighted by atomic mass is 79.9. The van der Waals surface area contributed by atoms with E-state index in [0.29, 0.717) is 6.04 Å². The van der Waals surface area contributed by atoms with Crippen molar-refractivity contribution in [2.45, 2.75) is 32.4 Å². The summed E-state index contributed by atoms with van der Waals surface area (Å²) in [4.78, 5) is 24.9. The summed E-state index contributed by atoms with van der Waals surface area (Å²) in [6.07, 6.45) is 6.04. The Balaban J connectivity index is 1.13. The molecule has 4 aromatic rings. The average molecular weight is 582 g/mol. The van der Waals surface area contributed by atoms with Gasteiger partial charge in [-0.3, -0.25) is 4.90 Å². The third-order valence-electron chi connectivity index (χ3n) is 7.57. The molecule has 1 aromatic carbocycles. The first-order chi connectivity index (χ1) is 18.2. The van der Waals surface area contributed by atoms with Crippen LogP contribution in [0.25, 0.3) is 22.6 Å². The number of H-pyrrole nitrogens is 1. The fraction of sp³-hybridized carbons (Fsp3) is 0.444. The van der Waals surface area contributed by atoms with Crippen LogP contribution in [0.15, 0.2) is 46.5 Å². The second-order valence-electron chi connectivity index (χ2n) is 9.85. The minimum atomic E-state index is 0.450. The lowest BCUT2D eigenvalue weighted by Crippen LogP contribution is -2.45. The van der Waals surface area contributed by atoms with Crippen molar-refractivity contribution in [2.75, 3.05) is 56.0 Å². The van der Waals surface area contributed by atoms with E-state index in [1.807, 2.05) is 12.4 Å². The van der Waals surface area contributed by atoms with E-state index in [-0.39, 0.29) is 0 Å². The molecule has 0 radical (unpaired) electrons. The fourth-order valence-electron chi connectivity index (χ4n) is 5.32. The zero-order chi connectivity index (χ0) is 25.2. The van der Waals surface area contributed by atoms with Crippen molar-refractivity contribution in [3.63, 3.8) is 0 Å². The Kier molecular flexibility index (Phi) is 7.41. The summed E-state index contributed by atoms with van der Waals surface area (Å²) in [5.41, 5.74) is 5.07. The largest absolute Gasteiger partial charge is 0.379 e. The number of rotatable bonds is 7. The molecule has 0 bridgehead atoms. The van der Waals surface area contributed by atoms with E-state index in [4.69, 9.17) is 4.98 Å². The second kappa shape index (κ2) is 11.1. The summed E-state index contributed by atoms with van der Waals surface area (Å²) in [6, 6.07) is 9.20. The van der Waals surface area contributed by atoms with Gasteiger partial charge in [0.2, 0.25) is 0 Å². The lowest BCUT2D eigenvalue weighted by molar-refractivity contribution is 0.229. The lowest BCUT2D eigenvalue weighted by atomic mass is 10.0. The van der Waals surface area contributed by atoms with Gasteiger partial charge in [-0.25, -0.2) is 15.0 Å². The van der Waals surface area contributed by atoms with Gasteiger partial charge in [-0.1, -0.05) is 6.92 Å². The summed E-state index contributed by atoms with van der Waals surface area (Å²) in [6.45, 7) is 10.8. The number of hydrogen-bond donors (Lipinski definition) is 2. The van der Waals surface area contributed by atoms with Gasteiger partial charge < -0.3 is 20.1 Å². The van der Waals surface area contributed by atoms with Crippen LogP contribution in [0.5, 0.6) is 0 Å². The summed E-state index contributed by atoms with van der Waals surface area (Å²) in [7, 11) is 0. The zero-order valence-corrected chi connectivity index (χ0v) is 23.6. The maximum Gasteiger partial charge on any atom is 0.159 e. The summed E-state index contributed by atoms with van der Waals surface area (Å²) in [5.74, 6) is 0.851. The van der Waals surface area contributed by atoms with Crippen LogP contribution in [-0.2, 0) is 6.54 Å². The van der Waals surface area contributed by atoms with Gasteiger partial charge in [-0.2, -0.15) is 0 Å². The predicted octanol–water partition coefficient (Wildman–Crippen LogP) is 5.06. The van der Waals surface area contributed by atoms with E-state index in [2.05, 4.69) is 87.5 Å². The molecular formula is C27H33BrN8S. The number of piperidine rings is 1. The van der Waals surface area contributed by atoms with Crippen molar-refractivity contribution in [2.24, 2.45) is 0 Å². The Hall–Kier alpha value is -2.53. The van der Waals surface area contributed by atoms with Gasteiger partial charge in [0.1, 0.15) is 16.3 Å². The van der Waals surface area contributed by atoms with E-state index in [1.54, 1.807) is 11.3 Å². The smallest absolute Gasteiger partial charge is 0.159 e. The summed E-state index contributed by atoms with van der Waals surface area (Å²) < 4.78 is 0.959. The van der Waals surface area contributed by atoms with Gasteiger partial charge in [-0.15, -0.1) is 11.3 Å². The monoisotopic (exact) mass is 580 g/mol. The number of imidazole rings is 1. The van der Waals surface area contributed by atoms with Crippen LogP contribution >= 0.6 is 27.3 Å². The number of fused-ring (bicyclic) bond motifs is 1. The average Bonchev–Trinajstić information content (AvgIpc) is 3.62. The predicted molar refractivity (Wildman–Crippen MR) is 155 cm³/mol. The molecule has 194 valence electrons. The quantitative estimate of drug-likeness (QED) is 0.316. The van der Waals surface area contributed by atoms with E-state index in [9.17, 15) is 0 Å². The lowest BCUT2D eigenvalue weighted by Gasteiger charge is -2.35. The van der Waals surface area contributed by atoms with Crippen molar-refractivity contribution in [1.82, 2.24) is 29.7 Å². The van der Waals surface area contributed by atoms with Crippen LogP contribution in [0.1, 0.15) is 24.8 Å². The molecule has 8 nitrogen and oxygen atoms in total. The molecule has 3 aromatic heterocycles. The zero-order valence-electron chi connectivity index (χ0n) is 21.2. The van der Waals surface area contributed by atoms with Crippen LogP contribution in [0, 0.1) is 0 Å². The van der Waals surface area contributed by atoms with Crippen LogP contribution in [0.4, 0.5) is 11.4 Å². The van der Waals surface area contributed by atoms with Gasteiger partial charge in [0.15, 0.2) is 5.65 Å². The number of aromatic amines is 1. The van der Waals surface area contributed by atoms with Gasteiger partial charge in [-0.05, 0) is 59.6 Å². The molecule has 2 aliphatic rings. The topological polar surface area (TPSA) is 76.2 Å². The SMILES string of the molecule is CCN1CCC(Nc2c(Br)cnc3[nH]c(-c4ccc(N5CCN(Cc6nccs6)CC5)cc4)nc23)CC1. The van der Waals surface area contributed by atoms with Crippen molar-refractivity contribution < 1.29 is 0 Å². The number of nitrogens with one attached hydrogen (secondary N) is 2. The number of nitrogens with zero attached hydrogens (tertiary/aromatic N) is 6. The molecule has 10 heteroatoms. The van der Waals surface area contributed by atoms with Crippen molar-refractivity contribution in [1.29, 1.82) is 0 Å². The van der Waals surface area contributed by atoms with Crippen molar-refractivity contribution in [3.8, 4) is 11.4 Å². The first-order valence-corrected chi connectivity index (χ1v) is 14.8. The molecule has 0 saturated carbocycles. The van der Waals surface area contributed by atoms with Gasteiger partial charge >= 0.3 is 0 Å². The molecule has 6 rings (SSSR count). The number of anilines is 2. The maximum absolute atomic E-state index is 4.98. The number of likely N-dealkylation sites (tertiary alicyclic amines) is 1. The third-order valence-corrected chi connectivity index (χ3v) is 8.94. The fourth-order valence-corrected chi connectivity index (χ4v) is 6.38. The highest BCUT2D eigenvalue weighted by Crippen LogP contribution is 2.33. The van der Waals surface area contributed by atoms with Crippen LogP contribution < -0.4 is 10.2 Å². The van der Waals surface area contributed by atoms with Crippen molar-refractivity contribution >= 4 is 49.8 Å². The highest BCUT2D eigenvalue weighted by molar-refractivity contribution is 9.10. The molecule has 0 aliphatic carbocycles. The Labute approximate surface area is 230 Å². The van der Waals surface area contributed by atoms with Crippen molar-refractivity contribution in [3.05, 3.63) is 51.5 Å². The molecule has 2 saturated heterocycles. The molecule has 2 fully saturated rings. The Morgan fingerprint density at radius 2 is 1.81 bits per heavy atom. The standard InChI is InChI=1S/C27H33BrN8S/c1-2-34-10-7-20(8-11-34)31-24-22(28)17-30-27-25(24)32-26(33-27)19-3-5-21(6-4-19)36-14-12-35(13-15-36)18-23-29-9-16-37-23/h3-6,9,16-17,20H,2,7-8,10-15,18H2,1H3,(H2,30,31,32,33). The van der Waals surface area contributed by atoms with Crippen LogP contribution in [0.2, 0.25) is 0 Å². The van der Waals surface area contributed by atoms with E-state index in [1.165, 1.54) is 10.7 Å². The number of benzene rings is 1. The molecule has 0 amide bonds. The molecule has 2 aliphatic heterocycles. The van der Waals surface area contributed by atoms with Gasteiger partial charge in [0.05, 0.1) is 16.7 Å². The minimum absolute atomic E-state index is 0.450. The molecular weight excluding hydrogens is 548 g/mol. The van der Waals surface area contributed by atoms with E-state index < -0.39 is 0 Å². The van der Waals surface area contributed by atoms with Gasteiger partial charge in [0, 0.05) is 74.3 Å². The first kappa shape index (κ1) is 24.8. The molecule has 0 unspecified atom stereocenters. The number of pyridine rings is 1. The third kappa shape index (κ3) is 5.52. The van der Waals surface area contributed by atoms with Crippen LogP contribution in [-0.4, -0.2) is 81.6 Å². The van der Waals surface area contributed by atoms with Gasteiger partial charge in [0.25, 0.3) is 0 Å². The molecule has 2 N–H and O–H groups in total. The Morgan fingerprint density at radius 3 is 2.51 bits per heavy atom. The molecule has 0 spiro atoms. The Bertz CT molecular complexity index is 1310. The number of halogens is 1. The first-order valence-electron chi connectivity index (χ1n) is 13.2. The molecule has 37 heavy (non-hydrogen) atoms. The summed E-state index contributed by atoms with van der Waals surface area (Å²) >= 11 is 5.45. The number of piperazine rings is 1. The Morgan fingerprint density at radius 1 is 1.03 bits per heavy atom. The highest BCUT2D eigenvalue weighted by Gasteiger charge is 2.22. The second-order valence-corrected chi connectivity index (χ2v) is 11.7. The van der Waals surface area contributed by atoms with Crippen LogP contribution in [0.3, 0.4) is 0 Å². The number of aromatic nitrogens is 4. The number of hydrogen-bond acceptors (Lipinski definition) is 8. The molecule has 0 atom stereocenters. The summed E-state index contributed by atoms with van der Waals surface area (Å²) in [5, 5.41) is 7.01. The normalized spacial score (nSPS) is 18.1.